The monoisotopic (exact) mass is 416 g/mol. The summed E-state index contributed by atoms with van der Waals surface area (Å²) in [5, 5.41) is 17.8. The summed E-state index contributed by atoms with van der Waals surface area (Å²) in [5.74, 6) is 0. The summed E-state index contributed by atoms with van der Waals surface area (Å²) in [4.78, 5) is 0. The zero-order valence-electron chi connectivity index (χ0n) is 19.9. The minimum Gasteiger partial charge on any atom is -0.394 e. The summed E-state index contributed by atoms with van der Waals surface area (Å²) in [6, 6.07) is 0. The van der Waals surface area contributed by atoms with Crippen LogP contribution < -0.4 is 0 Å². The first kappa shape index (κ1) is 30.8. The lowest BCUT2D eigenvalue weighted by Crippen LogP contribution is -2.19. The Morgan fingerprint density at radius 2 is 1.14 bits per heavy atom. The van der Waals surface area contributed by atoms with E-state index in [4.69, 9.17) is 19.7 Å². The molecule has 4 heteroatoms. The van der Waals surface area contributed by atoms with Crippen molar-refractivity contribution in [2.24, 2.45) is 0 Å². The lowest BCUT2D eigenvalue weighted by atomic mass is 10.1. The van der Waals surface area contributed by atoms with Crippen molar-refractivity contribution in [2.45, 2.75) is 117 Å². The number of allylic oxidation sites excluding steroid dienone is 2. The molecule has 0 aromatic heterocycles. The van der Waals surface area contributed by atoms with Gasteiger partial charge in [-0.2, -0.15) is 0 Å². The molecule has 2 N–H and O–H groups in total. The van der Waals surface area contributed by atoms with Crippen molar-refractivity contribution < 1.29 is 19.7 Å². The van der Waals surface area contributed by atoms with Crippen molar-refractivity contribution in [1.29, 1.82) is 0 Å². The first-order valence-corrected chi connectivity index (χ1v) is 12.3. The molecule has 0 saturated carbocycles. The van der Waals surface area contributed by atoms with Gasteiger partial charge in [-0.25, -0.2) is 0 Å². The number of aliphatic hydroxyl groups excluding tert-OH is 2. The van der Waals surface area contributed by atoms with Gasteiger partial charge in [-0.05, 0) is 46.0 Å². The number of unbranched alkanes of at least 4 members (excludes halogenated alkanes) is 12. The van der Waals surface area contributed by atoms with Crippen molar-refractivity contribution in [3.8, 4) is 0 Å². The van der Waals surface area contributed by atoms with Gasteiger partial charge in [0, 0.05) is 19.8 Å². The van der Waals surface area contributed by atoms with Crippen molar-refractivity contribution in [1.82, 2.24) is 0 Å². The van der Waals surface area contributed by atoms with Gasteiger partial charge < -0.3 is 19.7 Å². The maximum Gasteiger partial charge on any atom is 0.100 e. The topological polar surface area (TPSA) is 58.9 Å². The second-order valence-corrected chi connectivity index (χ2v) is 7.63. The first-order valence-electron chi connectivity index (χ1n) is 12.3. The highest BCUT2D eigenvalue weighted by atomic mass is 16.5. The molecule has 0 aliphatic carbocycles. The summed E-state index contributed by atoms with van der Waals surface area (Å²) in [5.41, 5.74) is 0. The van der Waals surface area contributed by atoms with Crippen LogP contribution in [0.3, 0.4) is 0 Å². The molecule has 0 amide bonds. The summed E-state index contributed by atoms with van der Waals surface area (Å²) < 4.78 is 10.1. The average Bonchev–Trinajstić information content (AvgIpc) is 2.73. The molecule has 0 aliphatic heterocycles. The predicted molar refractivity (Wildman–Crippen MR) is 126 cm³/mol. The van der Waals surface area contributed by atoms with Gasteiger partial charge in [-0.1, -0.05) is 76.9 Å². The van der Waals surface area contributed by atoms with Crippen molar-refractivity contribution in [2.75, 3.05) is 33.0 Å². The molecule has 176 valence electrons. The summed E-state index contributed by atoms with van der Waals surface area (Å²) >= 11 is 0. The van der Waals surface area contributed by atoms with E-state index in [1.165, 1.54) is 83.5 Å². The van der Waals surface area contributed by atoms with E-state index in [0.717, 1.165) is 19.6 Å². The van der Waals surface area contributed by atoms with E-state index in [1.807, 2.05) is 13.8 Å². The molecular formula is C25H52O4. The van der Waals surface area contributed by atoms with E-state index in [2.05, 4.69) is 19.1 Å². The summed E-state index contributed by atoms with van der Waals surface area (Å²) in [6.07, 6.45) is 22.3. The standard InChI is InChI=1S/C21H42O3.C4H10O/c1-2-3-4-5-6-7-8-9-10-11-12-13-14-15-16-17-18-24-20-21(23)19-22;1-3-5-4-2/h9-10,21-23H,2-8,11-20H2,1H3;3-4H2,1-2H3/b10-9-;. The third kappa shape index (κ3) is 32.5. The van der Waals surface area contributed by atoms with Crippen LogP contribution in [0.25, 0.3) is 0 Å². The van der Waals surface area contributed by atoms with Gasteiger partial charge in [0.05, 0.1) is 13.2 Å². The van der Waals surface area contributed by atoms with E-state index in [1.54, 1.807) is 0 Å². The van der Waals surface area contributed by atoms with Crippen LogP contribution in [-0.4, -0.2) is 49.4 Å². The van der Waals surface area contributed by atoms with Crippen LogP contribution >= 0.6 is 0 Å². The van der Waals surface area contributed by atoms with Crippen LogP contribution in [0.5, 0.6) is 0 Å². The van der Waals surface area contributed by atoms with E-state index < -0.39 is 6.10 Å². The van der Waals surface area contributed by atoms with Gasteiger partial charge in [-0.15, -0.1) is 0 Å². The Bertz CT molecular complexity index is 293. The first-order chi connectivity index (χ1) is 14.2. The number of rotatable bonds is 21. The molecule has 0 spiro atoms. The van der Waals surface area contributed by atoms with Gasteiger partial charge in [0.25, 0.3) is 0 Å². The Hall–Kier alpha value is -0.420. The zero-order chi connectivity index (χ0) is 21.8. The van der Waals surface area contributed by atoms with Crippen LogP contribution in [0.15, 0.2) is 12.2 Å². The van der Waals surface area contributed by atoms with Gasteiger partial charge in [0.2, 0.25) is 0 Å². The van der Waals surface area contributed by atoms with Gasteiger partial charge >= 0.3 is 0 Å². The highest BCUT2D eigenvalue weighted by Gasteiger charge is 2.00. The Kier molecular flexibility index (Phi) is 31.6. The smallest absolute Gasteiger partial charge is 0.100 e. The quantitative estimate of drug-likeness (QED) is 0.167. The fraction of sp³-hybridized carbons (Fsp3) is 0.920. The predicted octanol–water partition coefficient (Wildman–Crippen LogP) is 6.44. The normalized spacial score (nSPS) is 12.2. The van der Waals surface area contributed by atoms with Crippen molar-refractivity contribution in [3.05, 3.63) is 12.2 Å². The Labute approximate surface area is 182 Å². The SMILES string of the molecule is CCCCCCCC/C=C\CCCCCCCCOCC(O)CO.CCOCC. The fourth-order valence-electron chi connectivity index (χ4n) is 2.93. The lowest BCUT2D eigenvalue weighted by molar-refractivity contribution is 0.00526. The molecule has 0 saturated heterocycles. The molecule has 0 aromatic rings. The third-order valence-corrected chi connectivity index (χ3v) is 4.73. The molecule has 0 aromatic carbocycles. The molecule has 0 aliphatic rings. The second kappa shape index (κ2) is 29.8. The van der Waals surface area contributed by atoms with Gasteiger partial charge in [0.15, 0.2) is 0 Å². The molecule has 0 rings (SSSR count). The Morgan fingerprint density at radius 1 is 0.655 bits per heavy atom. The number of hydrogen-bond acceptors (Lipinski definition) is 4. The molecule has 1 unspecified atom stereocenters. The van der Waals surface area contributed by atoms with E-state index in [-0.39, 0.29) is 13.2 Å². The molecule has 0 heterocycles. The van der Waals surface area contributed by atoms with Crippen LogP contribution in [0, 0.1) is 0 Å². The number of hydrogen-bond donors (Lipinski definition) is 2. The van der Waals surface area contributed by atoms with Crippen molar-refractivity contribution >= 4 is 0 Å². The molecule has 4 nitrogen and oxygen atoms in total. The number of aliphatic hydroxyl groups is 2. The lowest BCUT2D eigenvalue weighted by Gasteiger charge is -2.07. The van der Waals surface area contributed by atoms with E-state index in [9.17, 15) is 0 Å². The second-order valence-electron chi connectivity index (χ2n) is 7.63. The number of ether oxygens (including phenoxy) is 2. The molecular weight excluding hydrogens is 364 g/mol. The molecule has 0 radical (unpaired) electrons. The van der Waals surface area contributed by atoms with E-state index in [0.29, 0.717) is 6.61 Å². The summed E-state index contributed by atoms with van der Waals surface area (Å²) in [6.45, 7) is 8.66. The largest absolute Gasteiger partial charge is 0.394 e. The average molecular weight is 417 g/mol. The van der Waals surface area contributed by atoms with Gasteiger partial charge in [-0.3, -0.25) is 0 Å². The molecule has 29 heavy (non-hydrogen) atoms. The van der Waals surface area contributed by atoms with E-state index >= 15 is 0 Å². The maximum absolute atomic E-state index is 9.11. The zero-order valence-corrected chi connectivity index (χ0v) is 19.9. The summed E-state index contributed by atoms with van der Waals surface area (Å²) in [7, 11) is 0. The highest BCUT2D eigenvalue weighted by Crippen LogP contribution is 2.10. The molecule has 1 atom stereocenters. The van der Waals surface area contributed by atoms with Crippen LogP contribution in [0.1, 0.15) is 111 Å². The minimum absolute atomic E-state index is 0.215. The third-order valence-electron chi connectivity index (χ3n) is 4.73. The van der Waals surface area contributed by atoms with Crippen molar-refractivity contribution in [3.63, 3.8) is 0 Å². The molecule has 0 fully saturated rings. The fourth-order valence-corrected chi connectivity index (χ4v) is 2.93. The molecule has 0 bridgehead atoms. The highest BCUT2D eigenvalue weighted by molar-refractivity contribution is 4.81. The van der Waals surface area contributed by atoms with Crippen LogP contribution in [0.4, 0.5) is 0 Å². The Balaban J connectivity index is 0. The van der Waals surface area contributed by atoms with Crippen LogP contribution in [0.2, 0.25) is 0 Å². The van der Waals surface area contributed by atoms with Crippen LogP contribution in [-0.2, 0) is 9.47 Å². The Morgan fingerprint density at radius 3 is 1.59 bits per heavy atom. The maximum atomic E-state index is 9.11. The minimum atomic E-state index is -0.723. The van der Waals surface area contributed by atoms with Gasteiger partial charge in [0.1, 0.15) is 6.10 Å².